The van der Waals surface area contributed by atoms with Gasteiger partial charge in [0.25, 0.3) is 5.56 Å². The van der Waals surface area contributed by atoms with E-state index in [2.05, 4.69) is 19.9 Å². The molecule has 21 heteroatoms. The van der Waals surface area contributed by atoms with E-state index in [0.717, 1.165) is 4.57 Å². The topological polar surface area (TPSA) is 295 Å². The Hall–Kier alpha value is -3.30. The highest BCUT2D eigenvalue weighted by molar-refractivity contribution is 7.47. The summed E-state index contributed by atoms with van der Waals surface area (Å²) in [4.78, 5) is 48.9. The molecule has 0 bridgehead atoms. The lowest BCUT2D eigenvalue weighted by Gasteiger charge is -2.27. The van der Waals surface area contributed by atoms with Gasteiger partial charge in [0.1, 0.15) is 41.9 Å². The number of fused-ring (bicyclic) bond motifs is 1. The van der Waals surface area contributed by atoms with Crippen LogP contribution in [0.15, 0.2) is 28.2 Å². The average molecular weight is 616 g/mol. The van der Waals surface area contributed by atoms with Crippen molar-refractivity contribution >= 4 is 30.8 Å². The van der Waals surface area contributed by atoms with Crippen LogP contribution in [0.4, 0.5) is 11.8 Å². The predicted octanol–water partition coefficient (Wildman–Crippen LogP) is -3.04. The van der Waals surface area contributed by atoms with Crippen LogP contribution < -0.4 is 22.7 Å². The standard InChI is InChI=1S/C21H29N8O12P/c1-21(34)14(31)9(40-18(21)28-4-3-10(22)25-20(28)33)6-38-42(35,36)41-12-8(5-30)39-17(13(12)37-2)29-7-24-11-15(29)26-19(23)27-16(11)32/h3-4,7-9,12-14,17-18,30-31,34H,5-6H2,1-2H3,(H,35,36)(H2,22,25,33)(H3,23,26,27,32)/t8-,9-,12-,13-,14-,17-,18-,21-/m1/s1. The van der Waals surface area contributed by atoms with Gasteiger partial charge in [-0.1, -0.05) is 0 Å². The van der Waals surface area contributed by atoms with Gasteiger partial charge in [0, 0.05) is 13.3 Å². The number of hydrogen-bond acceptors (Lipinski definition) is 16. The van der Waals surface area contributed by atoms with Gasteiger partial charge in [-0.2, -0.15) is 9.97 Å². The second-order valence-electron chi connectivity index (χ2n) is 9.80. The predicted molar refractivity (Wildman–Crippen MR) is 138 cm³/mol. The Morgan fingerprint density at radius 3 is 2.60 bits per heavy atom. The molecule has 5 rings (SSSR count). The van der Waals surface area contributed by atoms with Crippen molar-refractivity contribution in [1.29, 1.82) is 0 Å². The fourth-order valence-electron chi connectivity index (χ4n) is 4.92. The number of aliphatic hydroxyl groups is 3. The average Bonchev–Trinajstić information content (AvgIpc) is 3.55. The van der Waals surface area contributed by atoms with E-state index in [9.17, 15) is 34.4 Å². The van der Waals surface area contributed by atoms with Gasteiger partial charge >= 0.3 is 13.5 Å². The van der Waals surface area contributed by atoms with E-state index in [-0.39, 0.29) is 22.9 Å². The first-order valence-electron chi connectivity index (χ1n) is 12.3. The van der Waals surface area contributed by atoms with E-state index in [1.807, 2.05) is 0 Å². The lowest BCUT2D eigenvalue weighted by molar-refractivity contribution is -0.0988. The number of aromatic amines is 1. The lowest BCUT2D eigenvalue weighted by atomic mass is 9.96. The van der Waals surface area contributed by atoms with Crippen molar-refractivity contribution in [2.45, 2.75) is 55.5 Å². The molecule has 9 N–H and O–H groups in total. The van der Waals surface area contributed by atoms with Crippen molar-refractivity contribution in [3.05, 3.63) is 39.4 Å². The highest BCUT2D eigenvalue weighted by Gasteiger charge is 2.55. The number of phosphoric ester groups is 1. The Bertz CT molecular complexity index is 1630. The minimum atomic E-state index is -5.00. The van der Waals surface area contributed by atoms with Gasteiger partial charge in [-0.25, -0.2) is 14.3 Å². The Morgan fingerprint density at radius 1 is 1.19 bits per heavy atom. The van der Waals surface area contributed by atoms with Crippen molar-refractivity contribution in [3.8, 4) is 0 Å². The van der Waals surface area contributed by atoms with E-state index < -0.39 is 80.9 Å². The molecule has 42 heavy (non-hydrogen) atoms. The summed E-state index contributed by atoms with van der Waals surface area (Å²) in [6, 6.07) is 1.28. The van der Waals surface area contributed by atoms with E-state index in [1.165, 1.54) is 37.2 Å². The second kappa shape index (κ2) is 11.1. The number of ether oxygens (including phenoxy) is 3. The zero-order valence-corrected chi connectivity index (χ0v) is 23.0. The largest absolute Gasteiger partial charge is 0.472 e. The summed E-state index contributed by atoms with van der Waals surface area (Å²) < 4.78 is 42.5. The Balaban J connectivity index is 1.32. The summed E-state index contributed by atoms with van der Waals surface area (Å²) in [5.74, 6) is -0.271. The van der Waals surface area contributed by atoms with Crippen LogP contribution in [0.3, 0.4) is 0 Å². The molecule has 2 saturated heterocycles. The van der Waals surface area contributed by atoms with Gasteiger partial charge in [0.15, 0.2) is 23.6 Å². The lowest BCUT2D eigenvalue weighted by Crippen LogP contribution is -2.46. The number of imidazole rings is 1. The molecule has 2 aliphatic heterocycles. The molecule has 2 fully saturated rings. The number of phosphoric acid groups is 1. The number of nitrogens with two attached hydrogens (primary N) is 2. The highest BCUT2D eigenvalue weighted by atomic mass is 31.2. The van der Waals surface area contributed by atoms with Gasteiger partial charge in [-0.3, -0.25) is 28.0 Å². The van der Waals surface area contributed by atoms with Crippen molar-refractivity contribution in [1.82, 2.24) is 29.1 Å². The first kappa shape index (κ1) is 30.2. The van der Waals surface area contributed by atoms with E-state index in [4.69, 9.17) is 34.7 Å². The number of rotatable bonds is 9. The number of aliphatic hydroxyl groups excluding tert-OH is 2. The molecule has 1 unspecified atom stereocenters. The van der Waals surface area contributed by atoms with Gasteiger partial charge in [0.2, 0.25) is 5.95 Å². The summed E-state index contributed by atoms with van der Waals surface area (Å²) in [6.45, 7) is -0.250. The molecule has 0 aliphatic carbocycles. The molecule has 0 spiro atoms. The third-order valence-electron chi connectivity index (χ3n) is 6.98. The summed E-state index contributed by atoms with van der Waals surface area (Å²) in [5.41, 5.74) is 7.58. The molecule has 9 atom stereocenters. The van der Waals surface area contributed by atoms with E-state index in [1.54, 1.807) is 0 Å². The van der Waals surface area contributed by atoms with Gasteiger partial charge in [0.05, 0.1) is 19.5 Å². The zero-order valence-electron chi connectivity index (χ0n) is 22.1. The summed E-state index contributed by atoms with van der Waals surface area (Å²) in [7, 11) is -3.74. The number of aromatic nitrogens is 6. The summed E-state index contributed by atoms with van der Waals surface area (Å²) in [6.07, 6.45) is -7.01. The normalized spacial score (nSPS) is 32.9. The SMILES string of the molecule is CO[C@@H]1[C@H](OP(=O)(O)OC[C@H]2O[C@@H](n3ccc(N)nc3=O)[C@](C)(O)[C@@H]2O)[C@@H](CO)O[C@H]1n1cnc2c(=O)[nH]c(N)nc21. The molecular formula is C21H29N8O12P. The first-order valence-corrected chi connectivity index (χ1v) is 13.8. The number of hydrogen-bond donors (Lipinski definition) is 7. The smallest absolute Gasteiger partial charge is 0.394 e. The van der Waals surface area contributed by atoms with E-state index in [0.29, 0.717) is 0 Å². The number of nitrogens with zero attached hydrogens (tertiary/aromatic N) is 5. The second-order valence-corrected chi connectivity index (χ2v) is 11.2. The molecule has 20 nitrogen and oxygen atoms in total. The minimum absolute atomic E-state index is 0.0217. The minimum Gasteiger partial charge on any atom is -0.394 e. The van der Waals surface area contributed by atoms with Crippen LogP contribution in [-0.2, 0) is 27.8 Å². The molecule has 0 radical (unpaired) electrons. The van der Waals surface area contributed by atoms with Crippen LogP contribution >= 0.6 is 7.82 Å². The molecular weight excluding hydrogens is 587 g/mol. The molecule has 0 amide bonds. The van der Waals surface area contributed by atoms with E-state index >= 15 is 0 Å². The Kier molecular flexibility index (Phi) is 7.96. The van der Waals surface area contributed by atoms with Gasteiger partial charge in [-0.05, 0) is 13.0 Å². The van der Waals surface area contributed by atoms with Gasteiger partial charge < -0.3 is 45.9 Å². The molecule has 5 heterocycles. The number of methoxy groups -OCH3 is 1. The summed E-state index contributed by atoms with van der Waals surface area (Å²) in [5, 5.41) is 31.4. The summed E-state index contributed by atoms with van der Waals surface area (Å²) >= 11 is 0. The maximum absolute atomic E-state index is 13.0. The van der Waals surface area contributed by atoms with Crippen LogP contribution in [0, 0.1) is 0 Å². The first-order chi connectivity index (χ1) is 19.8. The fraction of sp³-hybridized carbons (Fsp3) is 0.571. The van der Waals surface area contributed by atoms with Crippen molar-refractivity contribution in [2.24, 2.45) is 0 Å². The molecule has 3 aromatic rings. The number of nitrogen functional groups attached to an aromatic ring is 2. The quantitative estimate of drug-likeness (QED) is 0.118. The molecule has 3 aromatic heterocycles. The molecule has 230 valence electrons. The van der Waals surface area contributed by atoms with Crippen molar-refractivity contribution < 1.29 is 48.0 Å². The number of anilines is 2. The van der Waals surface area contributed by atoms with Crippen molar-refractivity contribution in [3.63, 3.8) is 0 Å². The molecule has 0 aromatic carbocycles. The third-order valence-corrected chi connectivity index (χ3v) is 7.96. The fourth-order valence-corrected chi connectivity index (χ4v) is 5.88. The van der Waals surface area contributed by atoms with Crippen LogP contribution in [0.5, 0.6) is 0 Å². The number of H-pyrrole nitrogens is 1. The van der Waals surface area contributed by atoms with Gasteiger partial charge in [-0.15, -0.1) is 0 Å². The number of nitrogens with one attached hydrogen (secondary N) is 1. The monoisotopic (exact) mass is 616 g/mol. The zero-order chi connectivity index (χ0) is 30.6. The van der Waals surface area contributed by atoms with Crippen LogP contribution in [0.1, 0.15) is 19.4 Å². The molecule has 2 aliphatic rings. The van der Waals surface area contributed by atoms with Crippen LogP contribution in [0.25, 0.3) is 11.2 Å². The maximum Gasteiger partial charge on any atom is 0.472 e. The van der Waals surface area contributed by atoms with Crippen molar-refractivity contribution in [2.75, 3.05) is 31.8 Å². The Labute approximate surface area is 235 Å². The maximum atomic E-state index is 13.0. The van der Waals surface area contributed by atoms with Crippen LogP contribution in [-0.4, -0.2) is 106 Å². The third kappa shape index (κ3) is 5.33. The molecule has 0 saturated carbocycles. The highest BCUT2D eigenvalue weighted by Crippen LogP contribution is 2.50. The Morgan fingerprint density at radius 2 is 1.93 bits per heavy atom. The van der Waals surface area contributed by atoms with Crippen LogP contribution in [0.2, 0.25) is 0 Å².